The molecule has 0 aliphatic rings. The number of hydrogen-bond acceptors (Lipinski definition) is 4. The van der Waals surface area contributed by atoms with Crippen LogP contribution < -0.4 is 11.1 Å². The number of nitrogens with zero attached hydrogens (tertiary/aromatic N) is 1. The van der Waals surface area contributed by atoms with E-state index in [2.05, 4.69) is 5.32 Å². The molecule has 3 N–H and O–H groups in total. The number of hydrogen-bond donors (Lipinski definition) is 2. The molecule has 0 fully saturated rings. The summed E-state index contributed by atoms with van der Waals surface area (Å²) in [4.78, 5) is 11.5. The van der Waals surface area contributed by atoms with Crippen LogP contribution >= 0.6 is 0 Å². The van der Waals surface area contributed by atoms with Crippen molar-refractivity contribution in [2.45, 2.75) is 18.4 Å². The van der Waals surface area contributed by atoms with Crippen LogP contribution in [0, 0.1) is 6.92 Å². The first-order valence-electron chi connectivity index (χ1n) is 5.79. The van der Waals surface area contributed by atoms with Crippen LogP contribution in [0.25, 0.3) is 0 Å². The number of aryl methyl sites for hydroxylation is 1. The van der Waals surface area contributed by atoms with Gasteiger partial charge in [0.1, 0.15) is 0 Å². The normalized spacial score (nSPS) is 11.6. The second kappa shape index (κ2) is 6.14. The molecule has 0 aliphatic carbocycles. The predicted octanol–water partition coefficient (Wildman–Crippen LogP) is -0.180. The lowest BCUT2D eigenvalue weighted by molar-refractivity contribution is -0.120. The molecule has 0 heterocycles. The number of carbonyl (C=O) groups excluding carboxylic acids is 1. The number of amides is 1. The van der Waals surface area contributed by atoms with Gasteiger partial charge in [0.25, 0.3) is 0 Å². The Kier molecular flexibility index (Phi) is 5.04. The predicted molar refractivity (Wildman–Crippen MR) is 73.0 cm³/mol. The maximum atomic E-state index is 12.4. The van der Waals surface area contributed by atoms with Crippen molar-refractivity contribution in [1.82, 2.24) is 9.62 Å². The number of carbonyl (C=O) groups is 1. The molecule has 0 radical (unpaired) electrons. The van der Waals surface area contributed by atoms with Crippen LogP contribution in [0.5, 0.6) is 0 Å². The molecule has 0 unspecified atom stereocenters. The third-order valence-electron chi connectivity index (χ3n) is 2.82. The molecular weight excluding hydrogens is 266 g/mol. The lowest BCUT2D eigenvalue weighted by atomic mass is 10.1. The summed E-state index contributed by atoms with van der Waals surface area (Å²) in [6, 6.07) is 5.04. The fourth-order valence-electron chi connectivity index (χ4n) is 1.58. The van der Waals surface area contributed by atoms with Gasteiger partial charge in [0, 0.05) is 20.6 Å². The molecule has 7 heteroatoms. The van der Waals surface area contributed by atoms with Gasteiger partial charge in [-0.15, -0.1) is 0 Å². The number of likely N-dealkylation sites (N-methyl/N-ethyl adjacent to an activating group) is 2. The molecule has 1 amide bonds. The van der Waals surface area contributed by atoms with E-state index in [1.165, 1.54) is 14.1 Å². The van der Waals surface area contributed by atoms with Crippen molar-refractivity contribution in [3.63, 3.8) is 0 Å². The van der Waals surface area contributed by atoms with Gasteiger partial charge in [-0.05, 0) is 24.1 Å². The highest BCUT2D eigenvalue weighted by atomic mass is 32.2. The molecule has 0 atom stereocenters. The van der Waals surface area contributed by atoms with Crippen molar-refractivity contribution < 1.29 is 13.2 Å². The van der Waals surface area contributed by atoms with Gasteiger partial charge in [-0.25, -0.2) is 8.42 Å². The molecule has 0 aliphatic heterocycles. The Morgan fingerprint density at radius 1 is 1.42 bits per heavy atom. The van der Waals surface area contributed by atoms with Crippen LogP contribution in [0.3, 0.4) is 0 Å². The second-order valence-electron chi connectivity index (χ2n) is 4.24. The van der Waals surface area contributed by atoms with Gasteiger partial charge < -0.3 is 11.1 Å². The Hall–Kier alpha value is -1.44. The average Bonchev–Trinajstić information content (AvgIpc) is 2.38. The standard InChI is InChI=1S/C12H19N3O3S/c1-9-4-5-10(7-13)6-11(9)19(17,18)15(3)8-12(16)14-2/h4-6H,7-8,13H2,1-3H3,(H,14,16). The second-order valence-corrected chi connectivity index (χ2v) is 6.25. The van der Waals surface area contributed by atoms with Gasteiger partial charge in [0.15, 0.2) is 0 Å². The fourth-order valence-corrected chi connectivity index (χ4v) is 2.98. The smallest absolute Gasteiger partial charge is 0.243 e. The summed E-state index contributed by atoms with van der Waals surface area (Å²) in [7, 11) is -0.855. The van der Waals surface area contributed by atoms with Crippen LogP contribution in [-0.4, -0.2) is 39.3 Å². The highest BCUT2D eigenvalue weighted by Gasteiger charge is 2.24. The molecule has 6 nitrogen and oxygen atoms in total. The van der Waals surface area contributed by atoms with Gasteiger partial charge in [0.05, 0.1) is 11.4 Å². The van der Waals surface area contributed by atoms with Gasteiger partial charge >= 0.3 is 0 Å². The fraction of sp³-hybridized carbons (Fsp3) is 0.417. The summed E-state index contributed by atoms with van der Waals surface area (Å²) < 4.78 is 25.8. The van der Waals surface area contributed by atoms with Crippen LogP contribution in [0.2, 0.25) is 0 Å². The minimum atomic E-state index is -3.69. The molecule has 19 heavy (non-hydrogen) atoms. The number of nitrogens with two attached hydrogens (primary N) is 1. The van der Waals surface area contributed by atoms with Gasteiger partial charge in [0.2, 0.25) is 15.9 Å². The van der Waals surface area contributed by atoms with E-state index >= 15 is 0 Å². The Morgan fingerprint density at radius 2 is 2.05 bits per heavy atom. The average molecular weight is 285 g/mol. The molecule has 1 aromatic carbocycles. The zero-order valence-corrected chi connectivity index (χ0v) is 12.1. The summed E-state index contributed by atoms with van der Waals surface area (Å²) in [5, 5.41) is 2.39. The molecule has 106 valence electrons. The number of benzene rings is 1. The summed E-state index contributed by atoms with van der Waals surface area (Å²) in [6.45, 7) is 1.76. The highest BCUT2D eigenvalue weighted by molar-refractivity contribution is 7.89. The van der Waals surface area contributed by atoms with E-state index in [1.807, 2.05) is 0 Å². The van der Waals surface area contributed by atoms with Crippen molar-refractivity contribution >= 4 is 15.9 Å². The molecule has 0 spiro atoms. The van der Waals surface area contributed by atoms with Gasteiger partial charge in [-0.1, -0.05) is 12.1 Å². The van der Waals surface area contributed by atoms with E-state index in [9.17, 15) is 13.2 Å². The third-order valence-corrected chi connectivity index (χ3v) is 4.77. The molecule has 1 rings (SSSR count). The van der Waals surface area contributed by atoms with Crippen LogP contribution in [-0.2, 0) is 21.4 Å². The minimum absolute atomic E-state index is 0.182. The minimum Gasteiger partial charge on any atom is -0.358 e. The van der Waals surface area contributed by atoms with E-state index in [-0.39, 0.29) is 23.9 Å². The largest absolute Gasteiger partial charge is 0.358 e. The van der Waals surface area contributed by atoms with Crippen LogP contribution in [0.4, 0.5) is 0 Å². The van der Waals surface area contributed by atoms with Crippen molar-refractivity contribution in [3.05, 3.63) is 29.3 Å². The van der Waals surface area contributed by atoms with E-state index in [0.29, 0.717) is 5.56 Å². The van der Waals surface area contributed by atoms with Gasteiger partial charge in [-0.3, -0.25) is 4.79 Å². The van der Waals surface area contributed by atoms with E-state index in [1.54, 1.807) is 25.1 Å². The monoisotopic (exact) mass is 285 g/mol. The SMILES string of the molecule is CNC(=O)CN(C)S(=O)(=O)c1cc(CN)ccc1C. The van der Waals surface area contributed by atoms with E-state index in [0.717, 1.165) is 9.87 Å². The zero-order chi connectivity index (χ0) is 14.6. The molecular formula is C12H19N3O3S. The van der Waals surface area contributed by atoms with E-state index < -0.39 is 10.0 Å². The highest BCUT2D eigenvalue weighted by Crippen LogP contribution is 2.20. The van der Waals surface area contributed by atoms with Crippen LogP contribution in [0.15, 0.2) is 23.1 Å². The van der Waals surface area contributed by atoms with E-state index in [4.69, 9.17) is 5.73 Å². The van der Waals surface area contributed by atoms with Crippen LogP contribution in [0.1, 0.15) is 11.1 Å². The Bertz CT molecular complexity index is 570. The first-order valence-corrected chi connectivity index (χ1v) is 7.23. The Morgan fingerprint density at radius 3 is 2.58 bits per heavy atom. The molecule has 1 aromatic rings. The Labute approximate surface area is 113 Å². The first-order chi connectivity index (χ1) is 8.82. The molecule has 0 saturated carbocycles. The van der Waals surface area contributed by atoms with Crippen molar-refractivity contribution in [3.8, 4) is 0 Å². The lowest BCUT2D eigenvalue weighted by Gasteiger charge is -2.18. The molecule has 0 aromatic heterocycles. The third kappa shape index (κ3) is 3.52. The topological polar surface area (TPSA) is 92.5 Å². The summed E-state index contributed by atoms with van der Waals surface area (Å²) in [5.41, 5.74) is 6.88. The molecule has 0 saturated heterocycles. The van der Waals surface area contributed by atoms with Crippen molar-refractivity contribution in [2.75, 3.05) is 20.6 Å². The first kappa shape index (κ1) is 15.6. The summed E-state index contributed by atoms with van der Waals surface area (Å²) in [5.74, 6) is -0.362. The maximum absolute atomic E-state index is 12.4. The van der Waals surface area contributed by atoms with Crippen molar-refractivity contribution in [2.24, 2.45) is 5.73 Å². The summed E-state index contributed by atoms with van der Waals surface area (Å²) >= 11 is 0. The zero-order valence-electron chi connectivity index (χ0n) is 11.3. The summed E-state index contributed by atoms with van der Waals surface area (Å²) in [6.07, 6.45) is 0. The number of sulfonamides is 1. The maximum Gasteiger partial charge on any atom is 0.243 e. The Balaban J connectivity index is 3.16. The van der Waals surface area contributed by atoms with Crippen molar-refractivity contribution in [1.29, 1.82) is 0 Å². The number of rotatable bonds is 5. The van der Waals surface area contributed by atoms with Gasteiger partial charge in [-0.2, -0.15) is 4.31 Å². The quantitative estimate of drug-likeness (QED) is 0.785. The number of nitrogens with one attached hydrogen (secondary N) is 1. The molecule has 0 bridgehead atoms. The lowest BCUT2D eigenvalue weighted by Crippen LogP contribution is -2.37.